The molecule has 0 heterocycles. The third-order valence-corrected chi connectivity index (χ3v) is 3.32. The van der Waals surface area contributed by atoms with Crippen LogP contribution in [-0.2, 0) is 16.1 Å². The molecule has 0 aliphatic carbocycles. The molecule has 0 bridgehead atoms. The summed E-state index contributed by atoms with van der Waals surface area (Å²) < 4.78 is 23.9. The van der Waals surface area contributed by atoms with Crippen molar-refractivity contribution in [3.63, 3.8) is 0 Å². The van der Waals surface area contributed by atoms with Crippen LogP contribution in [0.2, 0.25) is 0 Å². The highest BCUT2D eigenvalue weighted by molar-refractivity contribution is 6.39. The van der Waals surface area contributed by atoms with E-state index in [0.29, 0.717) is 5.56 Å². The molecule has 2 aromatic rings. The second-order valence-corrected chi connectivity index (χ2v) is 4.99. The second-order valence-electron chi connectivity index (χ2n) is 4.99. The number of hydrogen-bond acceptors (Lipinski definition) is 5. The Labute approximate surface area is 143 Å². The fourth-order valence-electron chi connectivity index (χ4n) is 2.01. The number of rotatable bonds is 5. The van der Waals surface area contributed by atoms with Gasteiger partial charge in [0.1, 0.15) is 5.75 Å². The van der Waals surface area contributed by atoms with Gasteiger partial charge >= 0.3 is 11.8 Å². The van der Waals surface area contributed by atoms with Crippen molar-refractivity contribution >= 4 is 17.5 Å². The summed E-state index contributed by atoms with van der Waals surface area (Å²) in [6.07, 6.45) is 0. The standard InChI is InChI=1S/C17H17FN2O5/c1-24-14-7-12(18)13(8-15(14)25-2)20-17(23)16(22)19-9-10-3-5-11(21)6-4-10/h3-8,21H,9H2,1-2H3,(H,19,22)(H,20,23). The zero-order chi connectivity index (χ0) is 18.4. The largest absolute Gasteiger partial charge is 0.508 e. The average Bonchev–Trinajstić information content (AvgIpc) is 2.62. The van der Waals surface area contributed by atoms with E-state index < -0.39 is 17.6 Å². The number of carbonyl (C=O) groups excluding carboxylic acids is 2. The Morgan fingerprint density at radius 2 is 1.64 bits per heavy atom. The van der Waals surface area contributed by atoms with Gasteiger partial charge in [-0.15, -0.1) is 0 Å². The topological polar surface area (TPSA) is 96.9 Å². The van der Waals surface area contributed by atoms with Crippen LogP contribution in [0.3, 0.4) is 0 Å². The molecule has 0 aliphatic rings. The van der Waals surface area contributed by atoms with Gasteiger partial charge in [-0.2, -0.15) is 0 Å². The van der Waals surface area contributed by atoms with Crippen LogP contribution in [0.5, 0.6) is 17.2 Å². The highest BCUT2D eigenvalue weighted by Gasteiger charge is 2.18. The van der Waals surface area contributed by atoms with Crippen molar-refractivity contribution < 1.29 is 28.6 Å². The minimum absolute atomic E-state index is 0.0843. The van der Waals surface area contributed by atoms with Crippen molar-refractivity contribution in [2.75, 3.05) is 19.5 Å². The van der Waals surface area contributed by atoms with Crippen LogP contribution in [0.1, 0.15) is 5.56 Å². The number of carbonyl (C=O) groups is 2. The van der Waals surface area contributed by atoms with Crippen LogP contribution in [0.15, 0.2) is 36.4 Å². The number of halogens is 1. The molecule has 0 saturated carbocycles. The summed E-state index contributed by atoms with van der Waals surface area (Å²) in [4.78, 5) is 23.7. The molecule has 0 spiro atoms. The van der Waals surface area contributed by atoms with Crippen LogP contribution in [-0.4, -0.2) is 31.1 Å². The number of ether oxygens (including phenoxy) is 2. The molecule has 0 fully saturated rings. The summed E-state index contributed by atoms with van der Waals surface area (Å²) in [7, 11) is 2.72. The lowest BCUT2D eigenvalue weighted by molar-refractivity contribution is -0.136. The molecule has 2 rings (SSSR count). The van der Waals surface area contributed by atoms with Gasteiger partial charge in [-0.3, -0.25) is 9.59 Å². The predicted molar refractivity (Wildman–Crippen MR) is 88.1 cm³/mol. The van der Waals surface area contributed by atoms with Gasteiger partial charge in [0.2, 0.25) is 0 Å². The molecule has 2 aromatic carbocycles. The lowest BCUT2D eigenvalue weighted by Gasteiger charge is -2.12. The second kappa shape index (κ2) is 8.00. The number of phenolic OH excluding ortho intramolecular Hbond substituents is 1. The molecule has 3 N–H and O–H groups in total. The molecule has 0 saturated heterocycles. The quantitative estimate of drug-likeness (QED) is 0.716. The van der Waals surface area contributed by atoms with Gasteiger partial charge in [0.15, 0.2) is 17.3 Å². The first-order valence-electron chi connectivity index (χ1n) is 7.23. The van der Waals surface area contributed by atoms with Gasteiger partial charge in [0.25, 0.3) is 0 Å². The Hall–Kier alpha value is -3.29. The van der Waals surface area contributed by atoms with Gasteiger partial charge < -0.3 is 25.2 Å². The van der Waals surface area contributed by atoms with E-state index in [9.17, 15) is 19.1 Å². The zero-order valence-corrected chi connectivity index (χ0v) is 13.6. The van der Waals surface area contributed by atoms with Crippen LogP contribution >= 0.6 is 0 Å². The summed E-state index contributed by atoms with van der Waals surface area (Å²) in [6, 6.07) is 8.38. The maximum absolute atomic E-state index is 14.0. The van der Waals surface area contributed by atoms with E-state index in [2.05, 4.69) is 10.6 Å². The third kappa shape index (κ3) is 4.60. The normalized spacial score (nSPS) is 10.0. The Kier molecular flexibility index (Phi) is 5.78. The Bertz CT molecular complexity index is 777. The summed E-state index contributed by atoms with van der Waals surface area (Å²) in [6.45, 7) is 0.0843. The number of benzene rings is 2. The molecule has 0 radical (unpaired) electrons. The number of methoxy groups -OCH3 is 2. The molecule has 0 aliphatic heterocycles. The molecule has 8 heteroatoms. The van der Waals surface area contributed by atoms with E-state index in [0.717, 1.165) is 6.07 Å². The number of anilines is 1. The Morgan fingerprint density at radius 3 is 2.24 bits per heavy atom. The van der Waals surface area contributed by atoms with E-state index in [1.807, 2.05) is 0 Å². The molecule has 7 nitrogen and oxygen atoms in total. The summed E-state index contributed by atoms with van der Waals surface area (Å²) in [5.41, 5.74) is 0.485. The van der Waals surface area contributed by atoms with Crippen LogP contribution in [0.25, 0.3) is 0 Å². The molecule has 0 aromatic heterocycles. The fourth-order valence-corrected chi connectivity index (χ4v) is 2.01. The van der Waals surface area contributed by atoms with E-state index >= 15 is 0 Å². The van der Waals surface area contributed by atoms with E-state index in [1.54, 1.807) is 12.1 Å². The van der Waals surface area contributed by atoms with E-state index in [1.165, 1.54) is 32.4 Å². The van der Waals surface area contributed by atoms with Crippen molar-refractivity contribution in [1.29, 1.82) is 0 Å². The first-order chi connectivity index (χ1) is 11.9. The lowest BCUT2D eigenvalue weighted by Crippen LogP contribution is -2.35. The van der Waals surface area contributed by atoms with Crippen molar-refractivity contribution in [2.45, 2.75) is 6.54 Å². The molecule has 0 atom stereocenters. The molecular weight excluding hydrogens is 331 g/mol. The van der Waals surface area contributed by atoms with Crippen LogP contribution < -0.4 is 20.1 Å². The predicted octanol–water partition coefficient (Wildman–Crippen LogP) is 1.80. The highest BCUT2D eigenvalue weighted by atomic mass is 19.1. The monoisotopic (exact) mass is 348 g/mol. The number of phenols is 1. The van der Waals surface area contributed by atoms with E-state index in [-0.39, 0.29) is 29.5 Å². The van der Waals surface area contributed by atoms with Gasteiger partial charge in [-0.1, -0.05) is 12.1 Å². The Balaban J connectivity index is 2.01. The smallest absolute Gasteiger partial charge is 0.313 e. The summed E-state index contributed by atoms with van der Waals surface area (Å²) >= 11 is 0. The third-order valence-electron chi connectivity index (χ3n) is 3.32. The number of amides is 2. The van der Waals surface area contributed by atoms with Crippen molar-refractivity contribution in [3.05, 3.63) is 47.8 Å². The maximum atomic E-state index is 14.0. The molecule has 25 heavy (non-hydrogen) atoms. The minimum Gasteiger partial charge on any atom is -0.508 e. The van der Waals surface area contributed by atoms with Gasteiger partial charge in [0, 0.05) is 18.7 Å². The van der Waals surface area contributed by atoms with Crippen molar-refractivity contribution in [3.8, 4) is 17.2 Å². The molecule has 0 unspecified atom stereocenters. The zero-order valence-electron chi connectivity index (χ0n) is 13.6. The highest BCUT2D eigenvalue weighted by Crippen LogP contribution is 2.32. The minimum atomic E-state index is -1.02. The van der Waals surface area contributed by atoms with Gasteiger partial charge in [-0.25, -0.2) is 4.39 Å². The van der Waals surface area contributed by atoms with Crippen molar-refractivity contribution in [2.24, 2.45) is 0 Å². The van der Waals surface area contributed by atoms with Crippen molar-refractivity contribution in [1.82, 2.24) is 5.32 Å². The maximum Gasteiger partial charge on any atom is 0.313 e. The Morgan fingerprint density at radius 1 is 1.04 bits per heavy atom. The average molecular weight is 348 g/mol. The SMILES string of the molecule is COc1cc(F)c(NC(=O)C(=O)NCc2ccc(O)cc2)cc1OC. The van der Waals surface area contributed by atoms with Crippen LogP contribution in [0, 0.1) is 5.82 Å². The van der Waals surface area contributed by atoms with Gasteiger partial charge in [-0.05, 0) is 17.7 Å². The number of nitrogens with one attached hydrogen (secondary N) is 2. The first-order valence-corrected chi connectivity index (χ1v) is 7.23. The molecule has 2 amide bonds. The summed E-state index contributed by atoms with van der Waals surface area (Å²) in [5, 5.41) is 13.8. The van der Waals surface area contributed by atoms with Gasteiger partial charge in [0.05, 0.1) is 19.9 Å². The number of hydrogen-bond donors (Lipinski definition) is 3. The van der Waals surface area contributed by atoms with E-state index in [4.69, 9.17) is 9.47 Å². The van der Waals surface area contributed by atoms with Crippen LogP contribution in [0.4, 0.5) is 10.1 Å². The lowest BCUT2D eigenvalue weighted by atomic mass is 10.2. The molecule has 132 valence electrons. The fraction of sp³-hybridized carbons (Fsp3) is 0.176. The molecular formula is C17H17FN2O5. The summed E-state index contributed by atoms with van der Waals surface area (Å²) in [5.74, 6) is -2.25. The first kappa shape index (κ1) is 18.1. The number of aromatic hydroxyl groups is 1.